The zero-order valence-electron chi connectivity index (χ0n) is 16.6. The third kappa shape index (κ3) is 6.25. The van der Waals surface area contributed by atoms with Crippen molar-refractivity contribution >= 4 is 29.9 Å². The van der Waals surface area contributed by atoms with Crippen LogP contribution in [-0.4, -0.2) is 53.1 Å². The molecule has 0 saturated carbocycles. The smallest absolute Gasteiger partial charge is 0.191 e. The number of nitrogens with one attached hydrogen (secondary N) is 2. The molecule has 1 aromatic heterocycles. The molecule has 28 heavy (non-hydrogen) atoms. The van der Waals surface area contributed by atoms with E-state index in [9.17, 15) is 0 Å². The zero-order valence-corrected chi connectivity index (χ0v) is 18.9. The van der Waals surface area contributed by atoms with Crippen LogP contribution in [-0.2, 0) is 13.0 Å². The third-order valence-corrected chi connectivity index (χ3v) is 4.39. The lowest BCUT2D eigenvalue weighted by atomic mass is 10.1. The first-order valence-corrected chi connectivity index (χ1v) is 9.40. The van der Waals surface area contributed by atoms with Crippen molar-refractivity contribution in [1.29, 1.82) is 0 Å². The number of guanidine groups is 1. The summed E-state index contributed by atoms with van der Waals surface area (Å²) in [5.74, 6) is 3.48. The number of methoxy groups -OCH3 is 1. The van der Waals surface area contributed by atoms with E-state index in [2.05, 4.69) is 32.6 Å². The molecule has 2 aromatic rings. The molecule has 2 N–H and O–H groups in total. The van der Waals surface area contributed by atoms with Crippen molar-refractivity contribution in [3.63, 3.8) is 0 Å². The molecule has 2 heterocycles. The maximum Gasteiger partial charge on any atom is 0.191 e. The molecular weight excluding hydrogens is 471 g/mol. The van der Waals surface area contributed by atoms with Crippen molar-refractivity contribution in [3.8, 4) is 11.5 Å². The Morgan fingerprint density at radius 2 is 2.07 bits per heavy atom. The summed E-state index contributed by atoms with van der Waals surface area (Å²) >= 11 is 0. The normalized spacial score (nSPS) is 17.1. The van der Waals surface area contributed by atoms with Crippen LogP contribution in [0.1, 0.15) is 26.1 Å². The highest BCUT2D eigenvalue weighted by atomic mass is 127. The first-order chi connectivity index (χ1) is 13.2. The number of benzene rings is 1. The fourth-order valence-electron chi connectivity index (χ4n) is 3.01. The zero-order chi connectivity index (χ0) is 19.1. The van der Waals surface area contributed by atoms with Crippen LogP contribution in [0.2, 0.25) is 0 Å². The lowest BCUT2D eigenvalue weighted by Gasteiger charge is -2.25. The fourth-order valence-corrected chi connectivity index (χ4v) is 3.01. The molecule has 2 unspecified atom stereocenters. The summed E-state index contributed by atoms with van der Waals surface area (Å²) in [4.78, 5) is 8.95. The summed E-state index contributed by atoms with van der Waals surface area (Å²) in [7, 11) is 1.65. The Kier molecular flexibility index (Phi) is 8.81. The molecule has 0 fully saturated rings. The predicted octanol–water partition coefficient (Wildman–Crippen LogP) is 2.24. The second-order valence-corrected chi connectivity index (χ2v) is 6.56. The highest BCUT2D eigenvalue weighted by molar-refractivity contribution is 14.0. The molecule has 154 valence electrons. The lowest BCUT2D eigenvalue weighted by molar-refractivity contribution is 0.230. The second-order valence-electron chi connectivity index (χ2n) is 6.56. The van der Waals surface area contributed by atoms with Gasteiger partial charge in [0.25, 0.3) is 0 Å². The van der Waals surface area contributed by atoms with Crippen molar-refractivity contribution < 1.29 is 9.47 Å². The van der Waals surface area contributed by atoms with Crippen molar-refractivity contribution in [2.24, 2.45) is 4.99 Å². The highest BCUT2D eigenvalue weighted by Gasteiger charge is 2.20. The maximum atomic E-state index is 5.93. The van der Waals surface area contributed by atoms with Gasteiger partial charge in [0, 0.05) is 19.0 Å². The monoisotopic (exact) mass is 500 g/mol. The first kappa shape index (κ1) is 22.3. The average Bonchev–Trinajstić information content (AvgIpc) is 3.15. The van der Waals surface area contributed by atoms with E-state index in [1.165, 1.54) is 0 Å². The van der Waals surface area contributed by atoms with Gasteiger partial charge in [-0.25, -0.2) is 14.7 Å². The Hall–Kier alpha value is -2.04. The number of hydrogen-bond donors (Lipinski definition) is 2. The van der Waals surface area contributed by atoms with Gasteiger partial charge in [-0.15, -0.1) is 24.0 Å². The van der Waals surface area contributed by atoms with Gasteiger partial charge in [-0.1, -0.05) is 0 Å². The SMILES string of the molecule is CCNC(=NCC(C)Oc1ccc(OC)cc1)NC1CCc2ncnn2C1.I. The topological polar surface area (TPSA) is 85.6 Å². The van der Waals surface area contributed by atoms with Crippen molar-refractivity contribution in [2.75, 3.05) is 20.2 Å². The van der Waals surface area contributed by atoms with E-state index in [0.29, 0.717) is 6.54 Å². The fraction of sp³-hybridized carbons (Fsp3) is 0.526. The molecule has 2 atom stereocenters. The van der Waals surface area contributed by atoms with Gasteiger partial charge >= 0.3 is 0 Å². The quantitative estimate of drug-likeness (QED) is 0.345. The minimum Gasteiger partial charge on any atom is -0.497 e. The summed E-state index contributed by atoms with van der Waals surface area (Å²) < 4.78 is 13.1. The van der Waals surface area contributed by atoms with Crippen molar-refractivity contribution in [2.45, 2.75) is 45.4 Å². The Morgan fingerprint density at radius 1 is 1.32 bits per heavy atom. The summed E-state index contributed by atoms with van der Waals surface area (Å²) in [6, 6.07) is 7.87. The van der Waals surface area contributed by atoms with E-state index in [4.69, 9.17) is 9.47 Å². The number of rotatable bonds is 7. The van der Waals surface area contributed by atoms with Gasteiger partial charge in [0.2, 0.25) is 0 Å². The predicted molar refractivity (Wildman–Crippen MR) is 120 cm³/mol. The van der Waals surface area contributed by atoms with E-state index in [1.54, 1.807) is 13.4 Å². The number of hydrogen-bond acceptors (Lipinski definition) is 5. The molecule has 3 rings (SSSR count). The van der Waals surface area contributed by atoms with Crippen LogP contribution in [0.5, 0.6) is 11.5 Å². The molecule has 0 spiro atoms. The molecule has 0 radical (unpaired) electrons. The third-order valence-electron chi connectivity index (χ3n) is 4.39. The van der Waals surface area contributed by atoms with Gasteiger partial charge in [-0.05, 0) is 44.5 Å². The van der Waals surface area contributed by atoms with Gasteiger partial charge < -0.3 is 20.1 Å². The number of aromatic nitrogens is 3. The van der Waals surface area contributed by atoms with Crippen molar-refractivity contribution in [3.05, 3.63) is 36.4 Å². The van der Waals surface area contributed by atoms with Gasteiger partial charge in [0.05, 0.1) is 20.2 Å². The van der Waals surface area contributed by atoms with Gasteiger partial charge in [0.15, 0.2) is 5.96 Å². The van der Waals surface area contributed by atoms with Crippen LogP contribution in [0.25, 0.3) is 0 Å². The maximum absolute atomic E-state index is 5.93. The van der Waals surface area contributed by atoms with E-state index in [0.717, 1.165) is 49.2 Å². The Bertz CT molecular complexity index is 749. The summed E-state index contributed by atoms with van der Waals surface area (Å²) in [5.41, 5.74) is 0. The summed E-state index contributed by atoms with van der Waals surface area (Å²) in [6.07, 6.45) is 3.52. The molecule has 0 saturated heterocycles. The molecule has 0 amide bonds. The van der Waals surface area contributed by atoms with Gasteiger partial charge in [0.1, 0.15) is 29.8 Å². The number of halogens is 1. The number of aryl methyl sites for hydroxylation is 1. The average molecular weight is 500 g/mol. The van der Waals surface area contributed by atoms with Gasteiger partial charge in [-0.3, -0.25) is 0 Å². The molecule has 1 aliphatic heterocycles. The summed E-state index contributed by atoms with van der Waals surface area (Å²) in [6.45, 7) is 6.24. The molecule has 0 bridgehead atoms. The molecular formula is C19H29IN6O2. The Balaban J connectivity index is 0.00000280. The molecule has 0 aliphatic carbocycles. The minimum absolute atomic E-state index is 0. The van der Waals surface area contributed by atoms with E-state index >= 15 is 0 Å². The van der Waals surface area contributed by atoms with E-state index in [-0.39, 0.29) is 36.1 Å². The standard InChI is InChI=1S/C19H28N6O2.HI/c1-4-20-19(24-15-5-10-18-22-13-23-25(18)12-15)21-11-14(2)27-17-8-6-16(26-3)7-9-17;/h6-9,13-15H,4-5,10-12H2,1-3H3,(H2,20,21,24);1H. The van der Waals surface area contributed by atoms with Crippen LogP contribution in [0.4, 0.5) is 0 Å². The van der Waals surface area contributed by atoms with Crippen LogP contribution in [0, 0.1) is 0 Å². The van der Waals surface area contributed by atoms with Crippen LogP contribution in [0.15, 0.2) is 35.6 Å². The molecule has 8 nitrogen and oxygen atoms in total. The number of aliphatic imine (C=N–C) groups is 1. The van der Waals surface area contributed by atoms with Crippen LogP contribution >= 0.6 is 24.0 Å². The second kappa shape index (κ2) is 11.1. The number of nitrogens with zero attached hydrogens (tertiary/aromatic N) is 4. The Morgan fingerprint density at radius 3 is 2.79 bits per heavy atom. The van der Waals surface area contributed by atoms with Crippen molar-refractivity contribution in [1.82, 2.24) is 25.4 Å². The van der Waals surface area contributed by atoms with Crippen LogP contribution < -0.4 is 20.1 Å². The van der Waals surface area contributed by atoms with Gasteiger partial charge in [-0.2, -0.15) is 5.10 Å². The van der Waals surface area contributed by atoms with E-state index < -0.39 is 0 Å². The Labute approximate surface area is 183 Å². The highest BCUT2D eigenvalue weighted by Crippen LogP contribution is 2.18. The molecule has 1 aliphatic rings. The largest absolute Gasteiger partial charge is 0.497 e. The number of fused-ring (bicyclic) bond motifs is 1. The number of ether oxygens (including phenoxy) is 2. The first-order valence-electron chi connectivity index (χ1n) is 9.40. The van der Waals surface area contributed by atoms with E-state index in [1.807, 2.05) is 35.9 Å². The molecule has 1 aromatic carbocycles. The molecule has 9 heteroatoms. The summed E-state index contributed by atoms with van der Waals surface area (Å²) in [5, 5.41) is 11.1. The lowest BCUT2D eigenvalue weighted by Crippen LogP contribution is -2.47. The minimum atomic E-state index is -0.0397. The van der Waals surface area contributed by atoms with Crippen LogP contribution in [0.3, 0.4) is 0 Å².